The number of para-hydroxylation sites is 1. The molecule has 3 aromatic carbocycles. The van der Waals surface area contributed by atoms with Gasteiger partial charge in [0.25, 0.3) is 5.79 Å². The number of carbonyl (C=O) groups is 1. The number of anilines is 1. The minimum atomic E-state index is -1.36. The Bertz CT molecular complexity index is 1840. The topological polar surface area (TPSA) is 113 Å². The standard InChI is InChI=1S/C33H32FN5O5/c1-19(42-3)17-39-26-14-21(32(40)41)8-10-24(26)36-30(39)18-37-11-12-38(28-15-27(28)37)25-5-4-6-29-31(25)44-33(2,43-29)22-9-7-20(16-35)13-23(22)34/h4-10,13-14,19,27-28H,11-12,15,17-18H2,1-3H3,(H,40,41)/t19-,27?,28?,33?/m1/s1. The van der Waals surface area contributed by atoms with Crippen molar-refractivity contribution in [3.63, 3.8) is 0 Å². The van der Waals surface area contributed by atoms with Crippen LogP contribution in [-0.4, -0.2) is 63.9 Å². The summed E-state index contributed by atoms with van der Waals surface area (Å²) in [6, 6.07) is 17.6. The van der Waals surface area contributed by atoms with Gasteiger partial charge in [-0.15, -0.1) is 0 Å². The van der Waals surface area contributed by atoms with Crippen molar-refractivity contribution in [1.82, 2.24) is 14.5 Å². The first kappa shape index (κ1) is 28.1. The minimum Gasteiger partial charge on any atom is -0.478 e. The monoisotopic (exact) mass is 597 g/mol. The van der Waals surface area contributed by atoms with Crippen molar-refractivity contribution in [2.24, 2.45) is 0 Å². The molecular formula is C33H32FN5O5. The van der Waals surface area contributed by atoms with Crippen LogP contribution in [0.5, 0.6) is 11.5 Å². The predicted molar refractivity (Wildman–Crippen MR) is 159 cm³/mol. The number of aromatic nitrogens is 2. The van der Waals surface area contributed by atoms with E-state index in [0.717, 1.165) is 42.1 Å². The molecular weight excluding hydrogens is 565 g/mol. The van der Waals surface area contributed by atoms with Gasteiger partial charge in [0.1, 0.15) is 11.6 Å². The predicted octanol–water partition coefficient (Wildman–Crippen LogP) is 4.89. The molecule has 2 aliphatic heterocycles. The van der Waals surface area contributed by atoms with Gasteiger partial charge >= 0.3 is 5.97 Å². The number of nitrogens with zero attached hydrogens (tertiary/aromatic N) is 5. The quantitative estimate of drug-likeness (QED) is 0.303. The van der Waals surface area contributed by atoms with Crippen LogP contribution in [0.25, 0.3) is 11.0 Å². The Morgan fingerprint density at radius 3 is 2.80 bits per heavy atom. The van der Waals surface area contributed by atoms with Gasteiger partial charge in [0.2, 0.25) is 0 Å². The Balaban J connectivity index is 1.12. The fourth-order valence-electron chi connectivity index (χ4n) is 6.50. The van der Waals surface area contributed by atoms with Crippen LogP contribution in [0.2, 0.25) is 0 Å². The number of carboxylic acids is 1. The number of aromatic carboxylic acids is 1. The number of nitriles is 1. The highest BCUT2D eigenvalue weighted by Gasteiger charge is 2.51. The first-order valence-electron chi connectivity index (χ1n) is 14.7. The van der Waals surface area contributed by atoms with Crippen LogP contribution in [0.3, 0.4) is 0 Å². The Morgan fingerprint density at radius 2 is 2.05 bits per heavy atom. The summed E-state index contributed by atoms with van der Waals surface area (Å²) in [7, 11) is 1.67. The molecule has 0 bridgehead atoms. The molecule has 0 spiro atoms. The molecule has 11 heteroatoms. The van der Waals surface area contributed by atoms with Gasteiger partial charge in [-0.05, 0) is 61.9 Å². The summed E-state index contributed by atoms with van der Waals surface area (Å²) in [5.74, 6) is -0.871. The maximum absolute atomic E-state index is 15.0. The maximum Gasteiger partial charge on any atom is 0.335 e. The SMILES string of the molecule is CO[C@H](C)Cn1c(CN2CCN(c3cccc4c3OC(C)(c3ccc(C#N)cc3F)O4)C3CC32)nc2ccc(C(=O)O)cc21. The number of fused-ring (bicyclic) bond motifs is 3. The average molecular weight is 598 g/mol. The van der Waals surface area contributed by atoms with Crippen molar-refractivity contribution in [3.05, 3.63) is 82.9 Å². The van der Waals surface area contributed by atoms with E-state index in [0.29, 0.717) is 30.6 Å². The Morgan fingerprint density at radius 1 is 1.20 bits per heavy atom. The van der Waals surface area contributed by atoms with E-state index in [4.69, 9.17) is 24.5 Å². The molecule has 4 atom stereocenters. The molecule has 1 saturated heterocycles. The summed E-state index contributed by atoms with van der Waals surface area (Å²) >= 11 is 0. The minimum absolute atomic E-state index is 0.0732. The molecule has 7 rings (SSSR count). The fraction of sp³-hybridized carbons (Fsp3) is 0.364. The summed E-state index contributed by atoms with van der Waals surface area (Å²) < 4.78 is 35.1. The molecule has 1 saturated carbocycles. The zero-order chi connectivity index (χ0) is 30.7. The number of carboxylic acid groups (broad SMARTS) is 1. The van der Waals surface area contributed by atoms with Gasteiger partial charge in [0.05, 0.1) is 58.7 Å². The van der Waals surface area contributed by atoms with Gasteiger partial charge in [-0.2, -0.15) is 5.26 Å². The van der Waals surface area contributed by atoms with E-state index in [9.17, 15) is 14.3 Å². The first-order valence-corrected chi connectivity index (χ1v) is 14.7. The van der Waals surface area contributed by atoms with E-state index in [1.54, 1.807) is 38.3 Å². The van der Waals surface area contributed by atoms with Crippen LogP contribution in [-0.2, 0) is 23.6 Å². The number of ether oxygens (including phenoxy) is 3. The molecule has 1 aliphatic carbocycles. The molecule has 0 amide bonds. The summed E-state index contributed by atoms with van der Waals surface area (Å²) in [4.78, 5) is 21.4. The first-order chi connectivity index (χ1) is 21.2. The second kappa shape index (κ2) is 10.5. The highest BCUT2D eigenvalue weighted by molar-refractivity contribution is 5.92. The second-order valence-corrected chi connectivity index (χ2v) is 11.8. The van der Waals surface area contributed by atoms with Gasteiger partial charge in [0, 0.05) is 39.2 Å². The van der Waals surface area contributed by atoms with Crippen molar-refractivity contribution < 1.29 is 28.5 Å². The number of imidazole rings is 1. The van der Waals surface area contributed by atoms with Crippen LogP contribution in [0, 0.1) is 17.1 Å². The van der Waals surface area contributed by atoms with Crippen molar-refractivity contribution in [3.8, 4) is 17.6 Å². The van der Waals surface area contributed by atoms with E-state index in [1.165, 1.54) is 12.1 Å². The Hall–Kier alpha value is -4.66. The number of methoxy groups -OCH3 is 1. The van der Waals surface area contributed by atoms with Crippen LogP contribution in [0.15, 0.2) is 54.6 Å². The van der Waals surface area contributed by atoms with Crippen molar-refractivity contribution in [2.45, 2.75) is 57.3 Å². The van der Waals surface area contributed by atoms with Gasteiger partial charge in [-0.1, -0.05) is 6.07 Å². The molecule has 3 heterocycles. The van der Waals surface area contributed by atoms with Crippen LogP contribution < -0.4 is 14.4 Å². The number of halogens is 1. The van der Waals surface area contributed by atoms with E-state index < -0.39 is 17.6 Å². The molecule has 4 aromatic rings. The molecule has 2 fully saturated rings. The number of benzene rings is 3. The summed E-state index contributed by atoms with van der Waals surface area (Å²) in [5, 5.41) is 18.7. The second-order valence-electron chi connectivity index (χ2n) is 11.8. The van der Waals surface area contributed by atoms with E-state index in [-0.39, 0.29) is 28.8 Å². The highest BCUT2D eigenvalue weighted by atomic mass is 19.1. The Kier molecular flexibility index (Phi) is 6.72. The van der Waals surface area contributed by atoms with Crippen molar-refractivity contribution in [2.75, 3.05) is 25.1 Å². The smallest absolute Gasteiger partial charge is 0.335 e. The lowest BCUT2D eigenvalue weighted by Gasteiger charge is -2.36. The van der Waals surface area contributed by atoms with Gasteiger partial charge in [0.15, 0.2) is 11.5 Å². The Labute approximate surface area is 253 Å². The van der Waals surface area contributed by atoms with Crippen molar-refractivity contribution in [1.29, 1.82) is 5.26 Å². The van der Waals surface area contributed by atoms with Gasteiger partial charge in [-0.25, -0.2) is 14.2 Å². The molecule has 0 radical (unpaired) electrons. The van der Waals surface area contributed by atoms with Crippen LogP contribution in [0.1, 0.15) is 47.6 Å². The van der Waals surface area contributed by atoms with Gasteiger partial charge < -0.3 is 28.8 Å². The fourth-order valence-corrected chi connectivity index (χ4v) is 6.50. The number of piperazine rings is 1. The lowest BCUT2D eigenvalue weighted by atomic mass is 10.0. The molecule has 3 unspecified atom stereocenters. The van der Waals surface area contributed by atoms with Crippen LogP contribution in [0.4, 0.5) is 10.1 Å². The number of rotatable bonds is 8. The molecule has 226 valence electrons. The third-order valence-corrected chi connectivity index (χ3v) is 8.94. The molecule has 3 aliphatic rings. The lowest BCUT2D eigenvalue weighted by Crippen LogP contribution is -2.46. The molecule has 1 N–H and O–H groups in total. The summed E-state index contributed by atoms with van der Waals surface area (Å²) in [6.45, 7) is 6.40. The average Bonchev–Trinajstić information content (AvgIpc) is 3.65. The third kappa shape index (κ3) is 4.71. The summed E-state index contributed by atoms with van der Waals surface area (Å²) in [6.07, 6.45) is 0.903. The molecule has 10 nitrogen and oxygen atoms in total. The van der Waals surface area contributed by atoms with E-state index in [1.807, 2.05) is 31.2 Å². The normalized spacial score (nSPS) is 22.9. The van der Waals surface area contributed by atoms with Gasteiger partial charge in [-0.3, -0.25) is 4.90 Å². The maximum atomic E-state index is 15.0. The third-order valence-electron chi connectivity index (χ3n) is 8.94. The van der Waals surface area contributed by atoms with Crippen LogP contribution >= 0.6 is 0 Å². The van der Waals surface area contributed by atoms with Crippen molar-refractivity contribution >= 4 is 22.7 Å². The van der Waals surface area contributed by atoms with E-state index in [2.05, 4.69) is 14.4 Å². The van der Waals surface area contributed by atoms with E-state index >= 15 is 0 Å². The zero-order valence-corrected chi connectivity index (χ0v) is 24.7. The summed E-state index contributed by atoms with van der Waals surface area (Å²) in [5.41, 5.74) is 3.15. The largest absolute Gasteiger partial charge is 0.478 e. The zero-order valence-electron chi connectivity index (χ0n) is 24.7. The molecule has 1 aromatic heterocycles. The number of hydrogen-bond acceptors (Lipinski definition) is 8. The molecule has 44 heavy (non-hydrogen) atoms. The number of hydrogen-bond donors (Lipinski definition) is 1. The lowest BCUT2D eigenvalue weighted by molar-refractivity contribution is -0.0705. The highest BCUT2D eigenvalue weighted by Crippen LogP contribution is 2.52.